The Labute approximate surface area is 93.9 Å². The van der Waals surface area contributed by atoms with E-state index in [0.29, 0.717) is 10.0 Å². The van der Waals surface area contributed by atoms with Gasteiger partial charge in [0.2, 0.25) is 0 Å². The van der Waals surface area contributed by atoms with Crippen molar-refractivity contribution in [2.75, 3.05) is 5.43 Å². The molecule has 0 heterocycles. The Morgan fingerprint density at radius 3 is 2.79 bits per heavy atom. The van der Waals surface area contributed by atoms with E-state index in [4.69, 9.17) is 23.2 Å². The monoisotopic (exact) mass is 230 g/mol. The van der Waals surface area contributed by atoms with Gasteiger partial charge in [-0.2, -0.15) is 5.10 Å². The quantitative estimate of drug-likeness (QED) is 0.612. The fourth-order valence-corrected chi connectivity index (χ4v) is 1.15. The molecule has 0 atom stereocenters. The second-order valence-electron chi connectivity index (χ2n) is 2.94. The number of rotatable bonds is 3. The van der Waals surface area contributed by atoms with Crippen LogP contribution in [0.1, 0.15) is 20.3 Å². The fraction of sp³-hybridized carbons (Fsp3) is 0.300. The predicted octanol–water partition coefficient (Wildman–Crippen LogP) is 4.19. The fourth-order valence-electron chi connectivity index (χ4n) is 0.818. The van der Waals surface area contributed by atoms with E-state index in [2.05, 4.69) is 10.5 Å². The second-order valence-corrected chi connectivity index (χ2v) is 3.78. The van der Waals surface area contributed by atoms with E-state index in [0.717, 1.165) is 17.8 Å². The van der Waals surface area contributed by atoms with Crippen LogP contribution in [0.25, 0.3) is 0 Å². The highest BCUT2D eigenvalue weighted by Crippen LogP contribution is 2.25. The molecule has 0 amide bonds. The second kappa shape index (κ2) is 5.23. The Balaban J connectivity index is 2.81. The smallest absolute Gasteiger partial charge is 0.0762 e. The zero-order valence-corrected chi connectivity index (χ0v) is 9.65. The van der Waals surface area contributed by atoms with Crippen LogP contribution in [0.4, 0.5) is 5.69 Å². The lowest BCUT2D eigenvalue weighted by Crippen LogP contribution is -1.96. The van der Waals surface area contributed by atoms with Crippen LogP contribution in [-0.4, -0.2) is 5.71 Å². The van der Waals surface area contributed by atoms with Crippen molar-refractivity contribution in [2.45, 2.75) is 20.3 Å². The van der Waals surface area contributed by atoms with Gasteiger partial charge in [-0.15, -0.1) is 0 Å². The van der Waals surface area contributed by atoms with E-state index in [1.165, 1.54) is 0 Å². The predicted molar refractivity (Wildman–Crippen MR) is 63.5 cm³/mol. The number of nitrogens with zero attached hydrogens (tertiary/aromatic N) is 1. The minimum Gasteiger partial charge on any atom is -0.277 e. The Hall–Kier alpha value is -0.730. The highest BCUT2D eigenvalue weighted by molar-refractivity contribution is 6.35. The molecule has 76 valence electrons. The van der Waals surface area contributed by atoms with Crippen LogP contribution in [0.15, 0.2) is 23.3 Å². The highest BCUT2D eigenvalue weighted by atomic mass is 35.5. The lowest BCUT2D eigenvalue weighted by atomic mass is 10.3. The average Bonchev–Trinajstić information content (AvgIpc) is 2.19. The number of halogens is 2. The number of anilines is 1. The number of hydrogen-bond donors (Lipinski definition) is 1. The molecule has 0 saturated carbocycles. The van der Waals surface area contributed by atoms with Gasteiger partial charge in [-0.05, 0) is 31.5 Å². The largest absolute Gasteiger partial charge is 0.277 e. The molecule has 1 aromatic rings. The summed E-state index contributed by atoms with van der Waals surface area (Å²) in [5.41, 5.74) is 4.62. The van der Waals surface area contributed by atoms with Crippen LogP contribution in [0.3, 0.4) is 0 Å². The van der Waals surface area contributed by atoms with Crippen molar-refractivity contribution < 1.29 is 0 Å². The topological polar surface area (TPSA) is 24.4 Å². The minimum absolute atomic E-state index is 0.613. The summed E-state index contributed by atoms with van der Waals surface area (Å²) in [7, 11) is 0. The Bertz CT molecular complexity index is 348. The molecule has 1 N–H and O–H groups in total. The third-order valence-corrected chi connectivity index (χ3v) is 2.37. The molecule has 0 fully saturated rings. The molecule has 4 heteroatoms. The molecule has 0 aromatic heterocycles. The van der Waals surface area contributed by atoms with Crippen LogP contribution in [0, 0.1) is 0 Å². The van der Waals surface area contributed by atoms with Crippen molar-refractivity contribution in [1.29, 1.82) is 0 Å². The summed E-state index contributed by atoms with van der Waals surface area (Å²) in [6, 6.07) is 5.23. The molecule has 0 unspecified atom stereocenters. The maximum Gasteiger partial charge on any atom is 0.0762 e. The zero-order chi connectivity index (χ0) is 10.6. The summed E-state index contributed by atoms with van der Waals surface area (Å²) < 4.78 is 0. The van der Waals surface area contributed by atoms with Gasteiger partial charge in [-0.3, -0.25) is 5.43 Å². The van der Waals surface area contributed by atoms with Gasteiger partial charge in [0, 0.05) is 10.7 Å². The van der Waals surface area contributed by atoms with Crippen molar-refractivity contribution in [2.24, 2.45) is 5.10 Å². The van der Waals surface area contributed by atoms with Crippen molar-refractivity contribution in [3.8, 4) is 0 Å². The molecule has 0 saturated heterocycles. The zero-order valence-electron chi connectivity index (χ0n) is 8.14. The average molecular weight is 231 g/mol. The summed E-state index contributed by atoms with van der Waals surface area (Å²) in [6.07, 6.45) is 0.908. The molecular formula is C10H12Cl2N2. The van der Waals surface area contributed by atoms with Crippen LogP contribution in [0.5, 0.6) is 0 Å². The molecule has 0 spiro atoms. The van der Waals surface area contributed by atoms with Crippen LogP contribution >= 0.6 is 23.2 Å². The third kappa shape index (κ3) is 3.20. The molecular weight excluding hydrogens is 219 g/mol. The standard InChI is InChI=1S/C10H12Cl2N2/c1-3-7(2)13-14-10-6-8(11)4-5-9(10)12/h4-6,14H,3H2,1-2H3/b13-7-. The first-order valence-electron chi connectivity index (χ1n) is 4.37. The molecule has 1 aromatic carbocycles. The van der Waals surface area contributed by atoms with Gasteiger partial charge in [0.1, 0.15) is 0 Å². The van der Waals surface area contributed by atoms with Crippen molar-refractivity contribution in [3.05, 3.63) is 28.2 Å². The summed E-state index contributed by atoms with van der Waals surface area (Å²) in [5.74, 6) is 0. The van der Waals surface area contributed by atoms with Crippen LogP contribution in [-0.2, 0) is 0 Å². The lowest BCUT2D eigenvalue weighted by molar-refractivity contribution is 1.21. The van der Waals surface area contributed by atoms with E-state index in [1.54, 1.807) is 18.2 Å². The van der Waals surface area contributed by atoms with E-state index in [1.807, 2.05) is 13.8 Å². The van der Waals surface area contributed by atoms with Crippen molar-refractivity contribution >= 4 is 34.6 Å². The number of nitrogens with one attached hydrogen (secondary N) is 1. The van der Waals surface area contributed by atoms with Gasteiger partial charge in [0.25, 0.3) is 0 Å². The first kappa shape index (κ1) is 11.3. The normalized spacial score (nSPS) is 11.6. The summed E-state index contributed by atoms with van der Waals surface area (Å²) in [6.45, 7) is 3.99. The van der Waals surface area contributed by atoms with E-state index in [9.17, 15) is 0 Å². The Morgan fingerprint density at radius 1 is 1.43 bits per heavy atom. The van der Waals surface area contributed by atoms with Gasteiger partial charge in [0.15, 0.2) is 0 Å². The van der Waals surface area contributed by atoms with E-state index < -0.39 is 0 Å². The molecule has 2 nitrogen and oxygen atoms in total. The summed E-state index contributed by atoms with van der Waals surface area (Å²) in [4.78, 5) is 0. The maximum absolute atomic E-state index is 5.93. The first-order valence-corrected chi connectivity index (χ1v) is 5.13. The Kier molecular flexibility index (Phi) is 4.23. The van der Waals surface area contributed by atoms with Gasteiger partial charge < -0.3 is 0 Å². The van der Waals surface area contributed by atoms with Gasteiger partial charge in [0.05, 0.1) is 10.7 Å². The SMILES string of the molecule is CC/C(C)=N\Nc1cc(Cl)ccc1Cl. The molecule has 1 rings (SSSR count). The summed E-state index contributed by atoms with van der Waals surface area (Å²) in [5, 5.41) is 5.39. The lowest BCUT2D eigenvalue weighted by Gasteiger charge is -2.04. The number of benzene rings is 1. The summed E-state index contributed by atoms with van der Waals surface area (Å²) >= 11 is 11.8. The van der Waals surface area contributed by atoms with Crippen LogP contribution in [0.2, 0.25) is 10.0 Å². The van der Waals surface area contributed by atoms with Gasteiger partial charge in [-0.25, -0.2) is 0 Å². The Morgan fingerprint density at radius 2 is 2.14 bits per heavy atom. The first-order chi connectivity index (χ1) is 6.63. The molecule has 0 radical (unpaired) electrons. The molecule has 0 aliphatic carbocycles. The molecule has 0 bridgehead atoms. The number of hydrazone groups is 1. The van der Waals surface area contributed by atoms with E-state index >= 15 is 0 Å². The minimum atomic E-state index is 0.613. The van der Waals surface area contributed by atoms with Crippen molar-refractivity contribution in [3.63, 3.8) is 0 Å². The molecule has 0 aliphatic rings. The molecule has 14 heavy (non-hydrogen) atoms. The highest BCUT2D eigenvalue weighted by Gasteiger charge is 1.99. The van der Waals surface area contributed by atoms with Gasteiger partial charge >= 0.3 is 0 Å². The molecule has 0 aliphatic heterocycles. The van der Waals surface area contributed by atoms with Crippen LogP contribution < -0.4 is 5.43 Å². The van der Waals surface area contributed by atoms with Gasteiger partial charge in [-0.1, -0.05) is 30.1 Å². The maximum atomic E-state index is 5.93. The third-order valence-electron chi connectivity index (χ3n) is 1.81. The van der Waals surface area contributed by atoms with Crippen molar-refractivity contribution in [1.82, 2.24) is 0 Å². The number of hydrogen-bond acceptors (Lipinski definition) is 2. The van der Waals surface area contributed by atoms with E-state index in [-0.39, 0.29) is 0 Å².